The zero-order chi connectivity index (χ0) is 23.4. The highest BCUT2D eigenvalue weighted by Crippen LogP contribution is 2.25. The number of benzene rings is 2. The van der Waals surface area contributed by atoms with Crippen LogP contribution < -0.4 is 14.4 Å². The van der Waals surface area contributed by atoms with Crippen molar-refractivity contribution in [1.29, 1.82) is 0 Å². The van der Waals surface area contributed by atoms with Crippen molar-refractivity contribution in [2.75, 3.05) is 17.6 Å². The average Bonchev–Trinajstić information content (AvgIpc) is 2.70. The Kier molecular flexibility index (Phi) is 7.76. The van der Waals surface area contributed by atoms with Gasteiger partial charge in [0.15, 0.2) is 6.10 Å². The second kappa shape index (κ2) is 9.73. The van der Waals surface area contributed by atoms with Crippen LogP contribution in [0.3, 0.4) is 0 Å². The van der Waals surface area contributed by atoms with E-state index >= 15 is 0 Å². The Hall–Kier alpha value is -2.54. The lowest BCUT2D eigenvalue weighted by Gasteiger charge is -2.23. The fourth-order valence-corrected chi connectivity index (χ4v) is 3.58. The van der Waals surface area contributed by atoms with E-state index in [4.69, 9.17) is 4.74 Å². The maximum Gasteiger partial charge on any atom is 0.261 e. The molecular formula is C24H34N2O4S. The normalized spacial score (nSPS) is 13.9. The molecule has 0 aliphatic heterocycles. The highest BCUT2D eigenvalue weighted by Gasteiger charge is 2.22. The molecule has 0 heterocycles. The number of hydrogen-bond donors (Lipinski definition) is 1. The first kappa shape index (κ1) is 24.7. The number of carbonyl (C=O) groups is 1. The third-order valence-electron chi connectivity index (χ3n) is 5.27. The van der Waals surface area contributed by atoms with Crippen LogP contribution >= 0.6 is 0 Å². The van der Waals surface area contributed by atoms with Crippen LogP contribution in [0, 0.1) is 0 Å². The van der Waals surface area contributed by atoms with Gasteiger partial charge in [0.1, 0.15) is 5.75 Å². The molecular weight excluding hydrogens is 412 g/mol. The van der Waals surface area contributed by atoms with Crippen LogP contribution in [-0.2, 0) is 20.2 Å². The maximum absolute atomic E-state index is 12.8. The summed E-state index contributed by atoms with van der Waals surface area (Å²) < 4.78 is 30.4. The number of carbonyl (C=O) groups excluding carboxylic acids is 1. The molecule has 2 aromatic carbocycles. The molecule has 0 aromatic heterocycles. The number of rotatable bonds is 8. The van der Waals surface area contributed by atoms with Gasteiger partial charge in [-0.25, -0.2) is 8.42 Å². The summed E-state index contributed by atoms with van der Waals surface area (Å²) in [7, 11) is -1.84. The molecule has 170 valence electrons. The topological polar surface area (TPSA) is 75.7 Å². The summed E-state index contributed by atoms with van der Waals surface area (Å²) in [5, 5.41) is 3.02. The monoisotopic (exact) mass is 446 g/mol. The van der Waals surface area contributed by atoms with Crippen molar-refractivity contribution in [1.82, 2.24) is 5.32 Å². The third kappa shape index (κ3) is 6.72. The second-order valence-electron chi connectivity index (χ2n) is 8.84. The van der Waals surface area contributed by atoms with Crippen molar-refractivity contribution < 1.29 is 17.9 Å². The fraction of sp³-hybridized carbons (Fsp3) is 0.458. The zero-order valence-corrected chi connectivity index (χ0v) is 20.3. The van der Waals surface area contributed by atoms with Gasteiger partial charge < -0.3 is 10.1 Å². The van der Waals surface area contributed by atoms with Crippen LogP contribution in [0.5, 0.6) is 5.75 Å². The van der Waals surface area contributed by atoms with E-state index in [2.05, 4.69) is 38.2 Å². The van der Waals surface area contributed by atoms with Crippen LogP contribution in [0.1, 0.15) is 58.2 Å². The lowest BCUT2D eigenvalue weighted by Crippen LogP contribution is -2.39. The van der Waals surface area contributed by atoms with Gasteiger partial charge in [0.2, 0.25) is 10.0 Å². The second-order valence-corrected chi connectivity index (χ2v) is 10.9. The first-order valence-electron chi connectivity index (χ1n) is 10.4. The Balaban J connectivity index is 2.03. The van der Waals surface area contributed by atoms with E-state index in [0.717, 1.165) is 11.8 Å². The van der Waals surface area contributed by atoms with E-state index in [1.807, 2.05) is 26.0 Å². The summed E-state index contributed by atoms with van der Waals surface area (Å²) in [4.78, 5) is 12.8. The van der Waals surface area contributed by atoms with Crippen LogP contribution in [0.4, 0.5) is 5.69 Å². The summed E-state index contributed by atoms with van der Waals surface area (Å²) in [6, 6.07) is 14.8. The van der Waals surface area contributed by atoms with Gasteiger partial charge in [0.05, 0.1) is 18.0 Å². The van der Waals surface area contributed by atoms with Gasteiger partial charge in [-0.1, -0.05) is 52.0 Å². The summed E-state index contributed by atoms with van der Waals surface area (Å²) in [5.74, 6) is 0.321. The number of sulfonamides is 1. The number of nitrogens with zero attached hydrogens (tertiary/aromatic N) is 1. The van der Waals surface area contributed by atoms with Gasteiger partial charge in [-0.15, -0.1) is 0 Å². The van der Waals surface area contributed by atoms with Gasteiger partial charge in [-0.3, -0.25) is 9.10 Å². The fourth-order valence-electron chi connectivity index (χ4n) is 3.07. The molecule has 0 fully saturated rings. The van der Waals surface area contributed by atoms with Crippen molar-refractivity contribution in [2.45, 2.75) is 58.6 Å². The molecule has 0 saturated carbocycles. The molecule has 2 aromatic rings. The predicted octanol–water partition coefficient (Wildman–Crippen LogP) is 4.41. The first-order chi connectivity index (χ1) is 14.3. The quantitative estimate of drug-likeness (QED) is 0.651. The van der Waals surface area contributed by atoms with Crippen LogP contribution in [0.15, 0.2) is 48.5 Å². The number of anilines is 1. The van der Waals surface area contributed by atoms with E-state index in [0.29, 0.717) is 17.9 Å². The molecule has 7 heteroatoms. The molecule has 1 amide bonds. The standard InChI is InChI=1S/C24H34N2O4S/c1-8-22(30-21-15-13-20(14-16-21)26(6)31(7,28)29)23(27)25-17(2)18-9-11-19(12-10-18)24(3,4)5/h9-17,22H,8H2,1-7H3,(H,25,27)/t17-,22-/m0/s1. The Morgan fingerprint density at radius 1 is 1.06 bits per heavy atom. The Bertz CT molecular complexity index is 978. The Morgan fingerprint density at radius 2 is 1.61 bits per heavy atom. The third-order valence-corrected chi connectivity index (χ3v) is 6.48. The molecule has 1 N–H and O–H groups in total. The SMILES string of the molecule is CC[C@H](Oc1ccc(N(C)S(C)(=O)=O)cc1)C(=O)N[C@@H](C)c1ccc(C(C)(C)C)cc1. The molecule has 0 radical (unpaired) electrons. The Morgan fingerprint density at radius 3 is 2.06 bits per heavy atom. The molecule has 0 spiro atoms. The van der Waals surface area contributed by atoms with Crippen molar-refractivity contribution in [3.05, 3.63) is 59.7 Å². The van der Waals surface area contributed by atoms with Gasteiger partial charge in [-0.05, 0) is 54.2 Å². The van der Waals surface area contributed by atoms with Gasteiger partial charge >= 0.3 is 0 Å². The van der Waals surface area contributed by atoms with Gasteiger partial charge in [0.25, 0.3) is 5.91 Å². The van der Waals surface area contributed by atoms with Crippen molar-refractivity contribution in [3.63, 3.8) is 0 Å². The van der Waals surface area contributed by atoms with E-state index in [9.17, 15) is 13.2 Å². The molecule has 31 heavy (non-hydrogen) atoms. The maximum atomic E-state index is 12.8. The first-order valence-corrected chi connectivity index (χ1v) is 12.3. The molecule has 2 rings (SSSR count). The van der Waals surface area contributed by atoms with Crippen LogP contribution in [0.25, 0.3) is 0 Å². The molecule has 0 bridgehead atoms. The predicted molar refractivity (Wildman–Crippen MR) is 126 cm³/mol. The van der Waals surface area contributed by atoms with Crippen LogP contribution in [-0.4, -0.2) is 33.7 Å². The lowest BCUT2D eigenvalue weighted by atomic mass is 9.86. The smallest absolute Gasteiger partial charge is 0.261 e. The highest BCUT2D eigenvalue weighted by molar-refractivity contribution is 7.92. The van der Waals surface area contributed by atoms with E-state index < -0.39 is 16.1 Å². The minimum absolute atomic E-state index is 0.0812. The summed E-state index contributed by atoms with van der Waals surface area (Å²) in [5.41, 5.74) is 2.89. The van der Waals surface area contributed by atoms with Crippen LogP contribution in [0.2, 0.25) is 0 Å². The lowest BCUT2D eigenvalue weighted by molar-refractivity contribution is -0.128. The molecule has 2 atom stereocenters. The molecule has 0 aliphatic carbocycles. The summed E-state index contributed by atoms with van der Waals surface area (Å²) >= 11 is 0. The zero-order valence-electron chi connectivity index (χ0n) is 19.5. The molecule has 0 saturated heterocycles. The van der Waals surface area contributed by atoms with E-state index in [1.54, 1.807) is 24.3 Å². The highest BCUT2D eigenvalue weighted by atomic mass is 32.2. The van der Waals surface area contributed by atoms with Crippen molar-refractivity contribution in [3.8, 4) is 5.75 Å². The minimum Gasteiger partial charge on any atom is -0.481 e. The largest absolute Gasteiger partial charge is 0.481 e. The molecule has 0 unspecified atom stereocenters. The van der Waals surface area contributed by atoms with E-state index in [1.165, 1.54) is 16.9 Å². The van der Waals surface area contributed by atoms with Crippen molar-refractivity contribution in [2.24, 2.45) is 0 Å². The average molecular weight is 447 g/mol. The molecule has 0 aliphatic rings. The minimum atomic E-state index is -3.33. The number of ether oxygens (including phenoxy) is 1. The van der Waals surface area contributed by atoms with Crippen molar-refractivity contribution >= 4 is 21.6 Å². The summed E-state index contributed by atoms with van der Waals surface area (Å²) in [6.45, 7) is 10.3. The number of nitrogens with one attached hydrogen (secondary N) is 1. The Labute approximate surface area is 186 Å². The van der Waals surface area contributed by atoms with E-state index in [-0.39, 0.29) is 17.4 Å². The summed E-state index contributed by atoms with van der Waals surface area (Å²) in [6.07, 6.45) is 1.01. The number of amides is 1. The van der Waals surface area contributed by atoms with Gasteiger partial charge in [-0.2, -0.15) is 0 Å². The molecule has 6 nitrogen and oxygen atoms in total. The van der Waals surface area contributed by atoms with Gasteiger partial charge in [0, 0.05) is 7.05 Å². The number of hydrogen-bond acceptors (Lipinski definition) is 4.